The first-order chi connectivity index (χ1) is 8.04. The molecule has 0 atom stereocenters. The van der Waals surface area contributed by atoms with Crippen LogP contribution in [0.2, 0.25) is 0 Å². The van der Waals surface area contributed by atoms with Gasteiger partial charge in [-0.05, 0) is 11.6 Å². The molecule has 0 radical (unpaired) electrons. The smallest absolute Gasteiger partial charge is 0.311 e. The van der Waals surface area contributed by atoms with Crippen molar-refractivity contribution in [2.45, 2.75) is 13.0 Å². The van der Waals surface area contributed by atoms with Gasteiger partial charge < -0.3 is 10.1 Å². The van der Waals surface area contributed by atoms with Crippen molar-refractivity contribution in [1.82, 2.24) is 5.32 Å². The van der Waals surface area contributed by atoms with Gasteiger partial charge in [0.25, 0.3) is 6.43 Å². The number of nitrogens with one attached hydrogen (secondary N) is 1. The SMILES string of the molecule is COc1ccc(CNCC(F)F)cc1[N+](=O)[O-]. The van der Waals surface area contributed by atoms with Gasteiger partial charge in [0, 0.05) is 12.6 Å². The fraction of sp³-hybridized carbons (Fsp3) is 0.400. The van der Waals surface area contributed by atoms with E-state index in [1.54, 1.807) is 6.07 Å². The molecule has 0 amide bonds. The third-order valence-corrected chi connectivity index (χ3v) is 2.07. The Kier molecular flexibility index (Phi) is 4.77. The van der Waals surface area contributed by atoms with Crippen LogP contribution < -0.4 is 10.1 Å². The minimum Gasteiger partial charge on any atom is -0.490 e. The van der Waals surface area contributed by atoms with Crippen molar-refractivity contribution in [3.05, 3.63) is 33.9 Å². The summed E-state index contributed by atoms with van der Waals surface area (Å²) in [6.45, 7) is -0.297. The molecule has 0 heterocycles. The Morgan fingerprint density at radius 2 is 2.24 bits per heavy atom. The molecule has 0 unspecified atom stereocenters. The molecule has 0 aliphatic rings. The summed E-state index contributed by atoms with van der Waals surface area (Å²) in [5.41, 5.74) is 0.377. The number of alkyl halides is 2. The Morgan fingerprint density at radius 1 is 1.53 bits per heavy atom. The van der Waals surface area contributed by atoms with Gasteiger partial charge >= 0.3 is 5.69 Å². The third-order valence-electron chi connectivity index (χ3n) is 2.07. The van der Waals surface area contributed by atoms with Crippen LogP contribution >= 0.6 is 0 Å². The first kappa shape index (κ1) is 13.3. The molecule has 1 rings (SSSR count). The highest BCUT2D eigenvalue weighted by atomic mass is 19.3. The molecule has 0 aromatic heterocycles. The molecule has 0 saturated carbocycles. The van der Waals surface area contributed by atoms with Gasteiger partial charge in [0.2, 0.25) is 0 Å². The lowest BCUT2D eigenvalue weighted by atomic mass is 10.2. The van der Waals surface area contributed by atoms with Crippen molar-refractivity contribution >= 4 is 5.69 Å². The van der Waals surface area contributed by atoms with Crippen LogP contribution in [0, 0.1) is 10.1 Å². The number of ether oxygens (including phenoxy) is 1. The van der Waals surface area contributed by atoms with Crippen LogP contribution in [0.5, 0.6) is 5.75 Å². The standard InChI is InChI=1S/C10H12F2N2O3/c1-17-9-3-2-7(4-8(9)14(15)16)5-13-6-10(11)12/h2-4,10,13H,5-6H2,1H3. The van der Waals surface area contributed by atoms with Crippen molar-refractivity contribution < 1.29 is 18.4 Å². The average Bonchev–Trinajstić information content (AvgIpc) is 2.28. The second-order valence-electron chi connectivity index (χ2n) is 3.29. The molecular formula is C10H12F2N2O3. The van der Waals surface area contributed by atoms with Crippen molar-refractivity contribution in [3.63, 3.8) is 0 Å². The summed E-state index contributed by atoms with van der Waals surface area (Å²) in [6.07, 6.45) is -2.44. The minimum absolute atomic E-state index is 0.146. The van der Waals surface area contributed by atoms with Crippen molar-refractivity contribution in [3.8, 4) is 5.75 Å². The Bertz CT molecular complexity index is 399. The number of halogens is 2. The molecule has 0 fully saturated rings. The molecule has 0 aliphatic carbocycles. The molecule has 94 valence electrons. The lowest BCUT2D eigenvalue weighted by Gasteiger charge is -2.06. The molecule has 1 aromatic rings. The van der Waals surface area contributed by atoms with Gasteiger partial charge in [0.15, 0.2) is 5.75 Å². The Labute approximate surface area is 96.5 Å². The first-order valence-corrected chi connectivity index (χ1v) is 4.84. The zero-order valence-corrected chi connectivity index (χ0v) is 9.15. The number of benzene rings is 1. The number of hydrogen-bond acceptors (Lipinski definition) is 4. The van der Waals surface area contributed by atoms with Crippen LogP contribution in [0.4, 0.5) is 14.5 Å². The normalized spacial score (nSPS) is 10.6. The number of nitro groups is 1. The molecule has 0 aliphatic heterocycles. The lowest BCUT2D eigenvalue weighted by molar-refractivity contribution is -0.385. The second-order valence-corrected chi connectivity index (χ2v) is 3.29. The monoisotopic (exact) mass is 246 g/mol. The van der Waals surface area contributed by atoms with E-state index in [9.17, 15) is 18.9 Å². The van der Waals surface area contributed by atoms with E-state index in [4.69, 9.17) is 4.74 Å². The van der Waals surface area contributed by atoms with E-state index in [0.717, 1.165) is 0 Å². The van der Waals surface area contributed by atoms with E-state index >= 15 is 0 Å². The summed E-state index contributed by atoms with van der Waals surface area (Å²) < 4.78 is 28.6. The van der Waals surface area contributed by atoms with Gasteiger partial charge in [-0.3, -0.25) is 10.1 Å². The maximum absolute atomic E-state index is 11.9. The summed E-state index contributed by atoms with van der Waals surface area (Å²) in [6, 6.07) is 4.33. The summed E-state index contributed by atoms with van der Waals surface area (Å²) in [7, 11) is 1.33. The molecule has 0 saturated heterocycles. The van der Waals surface area contributed by atoms with E-state index in [1.807, 2.05) is 0 Å². The van der Waals surface area contributed by atoms with Crippen LogP contribution in [-0.4, -0.2) is 25.0 Å². The Hall–Kier alpha value is -1.76. The highest BCUT2D eigenvalue weighted by molar-refractivity contribution is 5.48. The van der Waals surface area contributed by atoms with E-state index in [0.29, 0.717) is 5.56 Å². The number of nitrogens with zero attached hydrogens (tertiary/aromatic N) is 1. The largest absolute Gasteiger partial charge is 0.490 e. The molecular weight excluding hydrogens is 234 g/mol. The highest BCUT2D eigenvalue weighted by Gasteiger charge is 2.14. The van der Waals surface area contributed by atoms with Gasteiger partial charge in [-0.15, -0.1) is 0 Å². The zero-order chi connectivity index (χ0) is 12.8. The van der Waals surface area contributed by atoms with E-state index in [1.165, 1.54) is 19.2 Å². The maximum Gasteiger partial charge on any atom is 0.311 e. The Balaban J connectivity index is 2.74. The van der Waals surface area contributed by atoms with Gasteiger partial charge in [-0.1, -0.05) is 6.07 Å². The predicted molar refractivity (Wildman–Crippen MR) is 57.4 cm³/mol. The van der Waals surface area contributed by atoms with Crippen molar-refractivity contribution in [2.75, 3.05) is 13.7 Å². The summed E-state index contributed by atoms with van der Waals surface area (Å²) >= 11 is 0. The van der Waals surface area contributed by atoms with Crippen LogP contribution in [0.25, 0.3) is 0 Å². The molecule has 1 N–H and O–H groups in total. The van der Waals surface area contributed by atoms with Crippen LogP contribution in [0.15, 0.2) is 18.2 Å². The highest BCUT2D eigenvalue weighted by Crippen LogP contribution is 2.27. The molecule has 5 nitrogen and oxygen atoms in total. The molecule has 7 heteroatoms. The zero-order valence-electron chi connectivity index (χ0n) is 9.15. The van der Waals surface area contributed by atoms with Crippen molar-refractivity contribution in [2.24, 2.45) is 0 Å². The topological polar surface area (TPSA) is 64.4 Å². The van der Waals surface area contributed by atoms with Crippen LogP contribution in [0.1, 0.15) is 5.56 Å². The van der Waals surface area contributed by atoms with Gasteiger partial charge in [0.1, 0.15) is 0 Å². The number of methoxy groups -OCH3 is 1. The van der Waals surface area contributed by atoms with Gasteiger partial charge in [-0.25, -0.2) is 8.78 Å². The molecule has 0 bridgehead atoms. The van der Waals surface area contributed by atoms with Crippen LogP contribution in [0.3, 0.4) is 0 Å². The van der Waals surface area contributed by atoms with Crippen LogP contribution in [-0.2, 0) is 6.54 Å². The summed E-state index contributed by atoms with van der Waals surface area (Å²) in [4.78, 5) is 10.1. The van der Waals surface area contributed by atoms with Gasteiger partial charge in [-0.2, -0.15) is 0 Å². The van der Waals surface area contributed by atoms with E-state index < -0.39 is 17.9 Å². The quantitative estimate of drug-likeness (QED) is 0.615. The first-order valence-electron chi connectivity index (χ1n) is 4.84. The number of hydrogen-bond donors (Lipinski definition) is 1. The predicted octanol–water partition coefficient (Wildman–Crippen LogP) is 1.96. The van der Waals surface area contributed by atoms with E-state index in [-0.39, 0.29) is 18.0 Å². The second kappa shape index (κ2) is 6.09. The molecule has 17 heavy (non-hydrogen) atoms. The maximum atomic E-state index is 11.9. The van der Waals surface area contributed by atoms with Crippen molar-refractivity contribution in [1.29, 1.82) is 0 Å². The van der Waals surface area contributed by atoms with Gasteiger partial charge in [0.05, 0.1) is 18.6 Å². The third kappa shape index (κ3) is 3.95. The lowest BCUT2D eigenvalue weighted by Crippen LogP contribution is -2.20. The Morgan fingerprint density at radius 3 is 2.76 bits per heavy atom. The number of rotatable bonds is 6. The molecule has 0 spiro atoms. The summed E-state index contributed by atoms with van der Waals surface area (Å²) in [5.74, 6) is 0.146. The number of nitro benzene ring substituents is 1. The summed E-state index contributed by atoms with van der Waals surface area (Å²) in [5, 5.41) is 13.2. The molecule has 1 aromatic carbocycles. The fourth-order valence-corrected chi connectivity index (χ4v) is 1.31. The average molecular weight is 246 g/mol. The minimum atomic E-state index is -2.44. The van der Waals surface area contributed by atoms with E-state index in [2.05, 4.69) is 5.32 Å². The fourth-order valence-electron chi connectivity index (χ4n) is 1.31.